The van der Waals surface area contributed by atoms with Crippen molar-refractivity contribution in [1.82, 2.24) is 9.62 Å². The predicted octanol–water partition coefficient (Wildman–Crippen LogP) is -0.0801. The largest absolute Gasteiger partial charge is 0.347 e. The van der Waals surface area contributed by atoms with Crippen LogP contribution in [0.5, 0.6) is 0 Å². The van der Waals surface area contributed by atoms with E-state index in [2.05, 4.69) is 11.9 Å². The standard InChI is InChI=1S/C16H22ClN3O3S/c1-3-7-18-16(21)13(2)19-8-10-20(11-9-19)24(22,23)15-6-4-5-14(17)12-15/h3-6,12-13H,1,7-11H2,2H3,(H,18,21)/p+1/t13-/m0/s1. The number of carbonyl (C=O) groups is 1. The van der Waals surface area contributed by atoms with Gasteiger partial charge in [-0.25, -0.2) is 8.42 Å². The van der Waals surface area contributed by atoms with Gasteiger partial charge in [-0.1, -0.05) is 23.7 Å². The average molecular weight is 373 g/mol. The molecule has 0 aromatic heterocycles. The molecule has 1 aromatic rings. The third-order valence-electron chi connectivity index (χ3n) is 4.22. The van der Waals surface area contributed by atoms with Crippen molar-refractivity contribution in [2.75, 3.05) is 32.7 Å². The third kappa shape index (κ3) is 4.36. The number of quaternary nitrogens is 1. The van der Waals surface area contributed by atoms with Crippen molar-refractivity contribution in [3.8, 4) is 0 Å². The number of nitrogens with one attached hydrogen (secondary N) is 2. The van der Waals surface area contributed by atoms with Gasteiger partial charge in [-0.3, -0.25) is 4.79 Å². The smallest absolute Gasteiger partial charge is 0.278 e. The van der Waals surface area contributed by atoms with Crippen molar-refractivity contribution in [2.45, 2.75) is 17.9 Å². The van der Waals surface area contributed by atoms with Crippen molar-refractivity contribution < 1.29 is 18.1 Å². The molecule has 2 N–H and O–H groups in total. The van der Waals surface area contributed by atoms with Gasteiger partial charge in [0, 0.05) is 11.6 Å². The molecule has 8 heteroatoms. The summed E-state index contributed by atoms with van der Waals surface area (Å²) in [6.07, 6.45) is 1.63. The maximum absolute atomic E-state index is 12.7. The van der Waals surface area contributed by atoms with Crippen molar-refractivity contribution in [3.63, 3.8) is 0 Å². The molecule has 6 nitrogen and oxygen atoms in total. The quantitative estimate of drug-likeness (QED) is 0.686. The number of carbonyl (C=O) groups excluding carboxylic acids is 1. The van der Waals surface area contributed by atoms with E-state index in [4.69, 9.17) is 11.6 Å². The Morgan fingerprint density at radius 1 is 1.46 bits per heavy atom. The van der Waals surface area contributed by atoms with Crippen LogP contribution in [0.15, 0.2) is 41.8 Å². The van der Waals surface area contributed by atoms with Crippen molar-refractivity contribution in [2.24, 2.45) is 0 Å². The molecule has 2 rings (SSSR count). The van der Waals surface area contributed by atoms with Gasteiger partial charge in [0.25, 0.3) is 5.91 Å². The van der Waals surface area contributed by atoms with Crippen LogP contribution in [0, 0.1) is 0 Å². The van der Waals surface area contributed by atoms with Crippen LogP contribution in [-0.4, -0.2) is 57.4 Å². The number of benzene rings is 1. The number of halogens is 1. The molecular weight excluding hydrogens is 350 g/mol. The highest BCUT2D eigenvalue weighted by Gasteiger charge is 2.34. The number of hydrogen-bond donors (Lipinski definition) is 2. The summed E-state index contributed by atoms with van der Waals surface area (Å²) < 4.78 is 26.8. The molecule has 0 bridgehead atoms. The van der Waals surface area contributed by atoms with Crippen LogP contribution in [0.25, 0.3) is 0 Å². The molecule has 1 saturated heterocycles. The molecule has 0 unspecified atom stereocenters. The highest BCUT2D eigenvalue weighted by atomic mass is 35.5. The molecule has 1 atom stereocenters. The van der Waals surface area contributed by atoms with Crippen molar-refractivity contribution >= 4 is 27.5 Å². The second kappa shape index (κ2) is 8.11. The van der Waals surface area contributed by atoms with E-state index in [9.17, 15) is 13.2 Å². The van der Waals surface area contributed by atoms with E-state index in [1.165, 1.54) is 10.4 Å². The van der Waals surface area contributed by atoms with Crippen LogP contribution in [-0.2, 0) is 14.8 Å². The first kappa shape index (κ1) is 18.9. The summed E-state index contributed by atoms with van der Waals surface area (Å²) in [6, 6.07) is 6.06. The molecule has 1 heterocycles. The zero-order valence-electron chi connectivity index (χ0n) is 13.7. The van der Waals surface area contributed by atoms with E-state index in [1.54, 1.807) is 24.3 Å². The highest BCUT2D eigenvalue weighted by molar-refractivity contribution is 7.89. The van der Waals surface area contributed by atoms with E-state index in [0.29, 0.717) is 37.7 Å². The van der Waals surface area contributed by atoms with Crippen LogP contribution in [0.1, 0.15) is 6.92 Å². The average Bonchev–Trinajstić information content (AvgIpc) is 2.59. The summed E-state index contributed by atoms with van der Waals surface area (Å²) in [5.74, 6) is -0.0453. The van der Waals surface area contributed by atoms with E-state index in [-0.39, 0.29) is 16.8 Å². The summed E-state index contributed by atoms with van der Waals surface area (Å²) >= 11 is 5.89. The second-order valence-electron chi connectivity index (χ2n) is 5.78. The lowest BCUT2D eigenvalue weighted by Crippen LogP contribution is -3.19. The first-order valence-electron chi connectivity index (χ1n) is 7.85. The van der Waals surface area contributed by atoms with Crippen LogP contribution >= 0.6 is 11.6 Å². The first-order chi connectivity index (χ1) is 11.4. The maximum Gasteiger partial charge on any atom is 0.278 e. The van der Waals surface area contributed by atoms with Gasteiger partial charge < -0.3 is 10.2 Å². The van der Waals surface area contributed by atoms with Crippen molar-refractivity contribution in [1.29, 1.82) is 0 Å². The number of nitrogens with zero attached hydrogens (tertiary/aromatic N) is 1. The zero-order chi connectivity index (χ0) is 17.7. The molecule has 1 fully saturated rings. The molecule has 1 aliphatic heterocycles. The Morgan fingerprint density at radius 2 is 2.12 bits per heavy atom. The molecule has 1 amide bonds. The summed E-state index contributed by atoms with van der Waals surface area (Å²) in [4.78, 5) is 13.3. The molecule has 24 heavy (non-hydrogen) atoms. The van der Waals surface area contributed by atoms with Crippen LogP contribution in [0.3, 0.4) is 0 Å². The first-order valence-corrected chi connectivity index (χ1v) is 9.67. The Labute approximate surface area is 148 Å². The van der Waals surface area contributed by atoms with Crippen LogP contribution in [0.4, 0.5) is 0 Å². The Morgan fingerprint density at radius 3 is 2.71 bits per heavy atom. The number of piperazine rings is 1. The molecule has 0 saturated carbocycles. The van der Waals surface area contributed by atoms with Gasteiger partial charge >= 0.3 is 0 Å². The molecule has 0 aliphatic carbocycles. The van der Waals surface area contributed by atoms with Gasteiger partial charge in [0.05, 0.1) is 31.1 Å². The van der Waals surface area contributed by atoms with Gasteiger partial charge in [0.1, 0.15) is 0 Å². The number of sulfonamides is 1. The number of hydrogen-bond acceptors (Lipinski definition) is 3. The molecule has 0 radical (unpaired) electrons. The fourth-order valence-corrected chi connectivity index (χ4v) is 4.48. The highest BCUT2D eigenvalue weighted by Crippen LogP contribution is 2.19. The summed E-state index contributed by atoms with van der Waals surface area (Å²) in [5.41, 5.74) is 0. The number of amides is 1. The van der Waals surface area contributed by atoms with E-state index in [0.717, 1.165) is 4.90 Å². The van der Waals surface area contributed by atoms with Crippen molar-refractivity contribution in [3.05, 3.63) is 41.9 Å². The van der Waals surface area contributed by atoms with E-state index >= 15 is 0 Å². The Bertz CT molecular complexity index is 700. The zero-order valence-corrected chi connectivity index (χ0v) is 15.2. The molecule has 1 aliphatic rings. The SMILES string of the molecule is C=CCNC(=O)[C@H](C)[NH+]1CCN(S(=O)(=O)c2cccc(Cl)c2)CC1. The minimum atomic E-state index is -3.55. The van der Waals surface area contributed by atoms with Crippen LogP contribution < -0.4 is 10.2 Å². The lowest BCUT2D eigenvalue weighted by atomic mass is 10.2. The van der Waals surface area contributed by atoms with Gasteiger partial charge in [-0.15, -0.1) is 6.58 Å². The third-order valence-corrected chi connectivity index (χ3v) is 6.35. The summed E-state index contributed by atoms with van der Waals surface area (Å²) in [6.45, 7) is 7.79. The molecular formula is C16H23ClN3O3S+. The summed E-state index contributed by atoms with van der Waals surface area (Å²) in [7, 11) is -3.55. The lowest BCUT2D eigenvalue weighted by Gasteiger charge is -2.34. The Balaban J connectivity index is 1.99. The Kier molecular flexibility index (Phi) is 6.40. The number of rotatable bonds is 6. The normalized spacial score (nSPS) is 18.1. The maximum atomic E-state index is 12.7. The van der Waals surface area contributed by atoms with Gasteiger partial charge in [0.15, 0.2) is 6.04 Å². The summed E-state index contributed by atoms with van der Waals surface area (Å²) in [5, 5.41) is 3.17. The molecule has 132 valence electrons. The second-order valence-corrected chi connectivity index (χ2v) is 8.15. The Hall–Kier alpha value is -1.41. The van der Waals surface area contributed by atoms with Gasteiger partial charge in [0.2, 0.25) is 10.0 Å². The fraction of sp³-hybridized carbons (Fsp3) is 0.438. The minimum Gasteiger partial charge on any atom is -0.347 e. The van der Waals surface area contributed by atoms with E-state index < -0.39 is 10.0 Å². The van der Waals surface area contributed by atoms with Crippen LogP contribution in [0.2, 0.25) is 5.02 Å². The van der Waals surface area contributed by atoms with Gasteiger partial charge in [-0.2, -0.15) is 4.31 Å². The lowest BCUT2D eigenvalue weighted by molar-refractivity contribution is -0.917. The minimum absolute atomic E-state index is 0.0453. The monoisotopic (exact) mass is 372 g/mol. The molecule has 0 spiro atoms. The fourth-order valence-electron chi connectivity index (χ4n) is 2.73. The van der Waals surface area contributed by atoms with E-state index in [1.807, 2.05) is 6.92 Å². The topological polar surface area (TPSA) is 70.9 Å². The predicted molar refractivity (Wildman–Crippen MR) is 93.6 cm³/mol. The van der Waals surface area contributed by atoms with Gasteiger partial charge in [-0.05, 0) is 25.1 Å². The molecule has 1 aromatic carbocycles.